The highest BCUT2D eigenvalue weighted by molar-refractivity contribution is 5.29. The first-order chi connectivity index (χ1) is 7.31. The molecule has 0 bridgehead atoms. The molecule has 1 heterocycles. The lowest BCUT2D eigenvalue weighted by atomic mass is 9.95. The summed E-state index contributed by atoms with van der Waals surface area (Å²) < 4.78 is 5.89. The molecule has 82 valence electrons. The van der Waals surface area contributed by atoms with Crippen LogP contribution in [-0.2, 0) is 0 Å². The number of ether oxygens (including phenoxy) is 1. The number of hydrogen-bond acceptors (Lipinski definition) is 2. The van der Waals surface area contributed by atoms with Crippen molar-refractivity contribution in [2.24, 2.45) is 0 Å². The molecule has 1 atom stereocenters. The predicted molar refractivity (Wildman–Crippen MR) is 61.2 cm³/mol. The first kappa shape index (κ1) is 10.5. The van der Waals surface area contributed by atoms with Crippen molar-refractivity contribution in [1.29, 1.82) is 0 Å². The van der Waals surface area contributed by atoms with Gasteiger partial charge in [-0.05, 0) is 37.7 Å². The summed E-state index contributed by atoms with van der Waals surface area (Å²) in [5.41, 5.74) is 1.26. The zero-order valence-electron chi connectivity index (χ0n) is 9.57. The number of pyridine rings is 1. The number of hydrogen-bond donors (Lipinski definition) is 0. The van der Waals surface area contributed by atoms with Crippen LogP contribution < -0.4 is 4.74 Å². The van der Waals surface area contributed by atoms with Crippen molar-refractivity contribution in [2.45, 2.75) is 51.6 Å². The van der Waals surface area contributed by atoms with Gasteiger partial charge in [0.1, 0.15) is 6.10 Å². The summed E-state index contributed by atoms with van der Waals surface area (Å²) >= 11 is 0. The maximum atomic E-state index is 5.89. The lowest BCUT2D eigenvalue weighted by Crippen LogP contribution is -2.25. The molecular weight excluding hydrogens is 186 g/mol. The van der Waals surface area contributed by atoms with Crippen LogP contribution in [0.1, 0.15) is 51.0 Å². The smallest absolute Gasteiger partial charge is 0.217 e. The zero-order chi connectivity index (χ0) is 10.7. The fraction of sp³-hybridized carbons (Fsp3) is 0.615. The van der Waals surface area contributed by atoms with Crippen molar-refractivity contribution in [1.82, 2.24) is 4.98 Å². The van der Waals surface area contributed by atoms with Gasteiger partial charge in [-0.2, -0.15) is 0 Å². The van der Waals surface area contributed by atoms with E-state index in [2.05, 4.69) is 24.9 Å². The summed E-state index contributed by atoms with van der Waals surface area (Å²) in [6.07, 6.45) is 7.05. The van der Waals surface area contributed by atoms with Gasteiger partial charge in [0.05, 0.1) is 0 Å². The first-order valence-corrected chi connectivity index (χ1v) is 5.92. The molecule has 1 aromatic rings. The van der Waals surface area contributed by atoms with Crippen LogP contribution in [0.4, 0.5) is 0 Å². The van der Waals surface area contributed by atoms with E-state index in [0.29, 0.717) is 12.0 Å². The van der Waals surface area contributed by atoms with E-state index in [0.717, 1.165) is 12.3 Å². The lowest BCUT2D eigenvalue weighted by Gasteiger charge is -2.27. The molecule has 0 N–H and O–H groups in total. The standard InChI is InChI=1S/C13H19NO/c1-3-10(2)12-8-5-9-14-13(12)15-11-6-4-7-11/h5,8-11H,3-4,6-7H2,1-2H3. The van der Waals surface area contributed by atoms with E-state index in [4.69, 9.17) is 4.74 Å². The molecule has 1 unspecified atom stereocenters. The van der Waals surface area contributed by atoms with Crippen molar-refractivity contribution in [3.8, 4) is 5.88 Å². The second kappa shape index (κ2) is 4.65. The summed E-state index contributed by atoms with van der Waals surface area (Å²) in [6.45, 7) is 4.43. The Labute approximate surface area is 91.7 Å². The molecule has 2 heteroatoms. The second-order valence-electron chi connectivity index (χ2n) is 4.38. The van der Waals surface area contributed by atoms with Gasteiger partial charge in [-0.15, -0.1) is 0 Å². The largest absolute Gasteiger partial charge is 0.474 e. The minimum atomic E-state index is 0.419. The van der Waals surface area contributed by atoms with E-state index >= 15 is 0 Å². The van der Waals surface area contributed by atoms with Gasteiger partial charge in [-0.25, -0.2) is 4.98 Å². The topological polar surface area (TPSA) is 22.1 Å². The van der Waals surface area contributed by atoms with E-state index in [1.165, 1.54) is 24.8 Å². The van der Waals surface area contributed by atoms with Crippen LogP contribution in [0, 0.1) is 0 Å². The normalized spacial score (nSPS) is 18.3. The Hall–Kier alpha value is -1.05. The number of rotatable bonds is 4. The van der Waals surface area contributed by atoms with E-state index in [1.807, 2.05) is 12.3 Å². The van der Waals surface area contributed by atoms with E-state index in [-0.39, 0.29) is 0 Å². The third-order valence-corrected chi connectivity index (χ3v) is 3.27. The van der Waals surface area contributed by atoms with Gasteiger partial charge < -0.3 is 4.74 Å². The lowest BCUT2D eigenvalue weighted by molar-refractivity contribution is 0.113. The van der Waals surface area contributed by atoms with Crippen LogP contribution in [0.3, 0.4) is 0 Å². The Balaban J connectivity index is 2.13. The monoisotopic (exact) mass is 205 g/mol. The van der Waals surface area contributed by atoms with E-state index in [9.17, 15) is 0 Å². The van der Waals surface area contributed by atoms with Crippen molar-refractivity contribution >= 4 is 0 Å². The molecule has 0 amide bonds. The third kappa shape index (κ3) is 2.31. The third-order valence-electron chi connectivity index (χ3n) is 3.27. The summed E-state index contributed by atoms with van der Waals surface area (Å²) in [5.74, 6) is 1.39. The van der Waals surface area contributed by atoms with Crippen molar-refractivity contribution < 1.29 is 4.74 Å². The maximum absolute atomic E-state index is 5.89. The zero-order valence-corrected chi connectivity index (χ0v) is 9.57. The van der Waals surface area contributed by atoms with Gasteiger partial charge in [0.25, 0.3) is 0 Å². The van der Waals surface area contributed by atoms with Gasteiger partial charge in [-0.3, -0.25) is 0 Å². The second-order valence-corrected chi connectivity index (χ2v) is 4.38. The van der Waals surface area contributed by atoms with Gasteiger partial charge in [0, 0.05) is 11.8 Å². The summed E-state index contributed by atoms with van der Waals surface area (Å²) in [6, 6.07) is 4.13. The average Bonchev–Trinajstić information content (AvgIpc) is 2.23. The molecule has 15 heavy (non-hydrogen) atoms. The minimum Gasteiger partial charge on any atom is -0.474 e. The highest BCUT2D eigenvalue weighted by Crippen LogP contribution is 2.30. The molecule has 1 aromatic heterocycles. The highest BCUT2D eigenvalue weighted by atomic mass is 16.5. The molecule has 2 rings (SSSR count). The Morgan fingerprint density at radius 1 is 1.53 bits per heavy atom. The number of nitrogens with zero attached hydrogens (tertiary/aromatic N) is 1. The van der Waals surface area contributed by atoms with E-state index in [1.54, 1.807) is 0 Å². The molecule has 0 radical (unpaired) electrons. The summed E-state index contributed by atoms with van der Waals surface area (Å²) in [5, 5.41) is 0. The Morgan fingerprint density at radius 3 is 2.93 bits per heavy atom. The summed E-state index contributed by atoms with van der Waals surface area (Å²) in [4.78, 5) is 4.35. The van der Waals surface area contributed by atoms with Crippen LogP contribution >= 0.6 is 0 Å². The molecule has 1 fully saturated rings. The summed E-state index contributed by atoms with van der Waals surface area (Å²) in [7, 11) is 0. The SMILES string of the molecule is CCC(C)c1cccnc1OC1CCC1. The average molecular weight is 205 g/mol. The number of aromatic nitrogens is 1. The minimum absolute atomic E-state index is 0.419. The highest BCUT2D eigenvalue weighted by Gasteiger charge is 2.21. The maximum Gasteiger partial charge on any atom is 0.217 e. The van der Waals surface area contributed by atoms with Crippen LogP contribution in [0.2, 0.25) is 0 Å². The molecule has 1 saturated carbocycles. The van der Waals surface area contributed by atoms with Gasteiger partial charge >= 0.3 is 0 Å². The van der Waals surface area contributed by atoms with Gasteiger partial charge in [0.2, 0.25) is 5.88 Å². The Morgan fingerprint density at radius 2 is 2.33 bits per heavy atom. The molecule has 0 spiro atoms. The van der Waals surface area contributed by atoms with Crippen molar-refractivity contribution in [3.63, 3.8) is 0 Å². The van der Waals surface area contributed by atoms with Crippen LogP contribution in [-0.4, -0.2) is 11.1 Å². The molecule has 0 aromatic carbocycles. The molecule has 1 aliphatic rings. The Kier molecular flexibility index (Phi) is 3.24. The fourth-order valence-electron chi connectivity index (χ4n) is 1.74. The van der Waals surface area contributed by atoms with Crippen LogP contribution in [0.15, 0.2) is 18.3 Å². The first-order valence-electron chi connectivity index (χ1n) is 5.92. The Bertz CT molecular complexity index is 320. The quantitative estimate of drug-likeness (QED) is 0.750. The van der Waals surface area contributed by atoms with E-state index < -0.39 is 0 Å². The fourth-order valence-corrected chi connectivity index (χ4v) is 1.74. The van der Waals surface area contributed by atoms with Crippen molar-refractivity contribution in [2.75, 3.05) is 0 Å². The molecule has 0 saturated heterocycles. The molecule has 2 nitrogen and oxygen atoms in total. The molecule has 0 aliphatic heterocycles. The van der Waals surface area contributed by atoms with Crippen LogP contribution in [0.25, 0.3) is 0 Å². The van der Waals surface area contributed by atoms with Crippen molar-refractivity contribution in [3.05, 3.63) is 23.9 Å². The van der Waals surface area contributed by atoms with Gasteiger partial charge in [0.15, 0.2) is 0 Å². The molecule has 1 aliphatic carbocycles. The van der Waals surface area contributed by atoms with Crippen LogP contribution in [0.5, 0.6) is 5.88 Å². The van der Waals surface area contributed by atoms with Gasteiger partial charge in [-0.1, -0.05) is 19.9 Å². The molecular formula is C13H19NO. The predicted octanol–water partition coefficient (Wildman–Crippen LogP) is 3.53.